The SMILES string of the molecule is CC(C)O.CC(C)O.CCC(C)(C)C(=O)CC(=O)[O-].CCC(C)(C)C(=O)CC(=O)[O-].[Zr]. The number of carboxylic acids is 2. The fourth-order valence-corrected chi connectivity index (χ4v) is 1.14. The van der Waals surface area contributed by atoms with Gasteiger partial charge in [0, 0.05) is 74.0 Å². The van der Waals surface area contributed by atoms with Crippen LogP contribution in [0.15, 0.2) is 0 Å². The fourth-order valence-electron chi connectivity index (χ4n) is 1.14. The van der Waals surface area contributed by atoms with Crippen molar-refractivity contribution in [2.75, 3.05) is 0 Å². The summed E-state index contributed by atoms with van der Waals surface area (Å²) < 4.78 is 0. The maximum atomic E-state index is 11.1. The zero-order valence-corrected chi connectivity index (χ0v) is 23.3. The van der Waals surface area contributed by atoms with E-state index in [1.807, 2.05) is 13.8 Å². The van der Waals surface area contributed by atoms with Crippen LogP contribution in [-0.2, 0) is 45.4 Å². The van der Waals surface area contributed by atoms with Crippen LogP contribution in [0.1, 0.15) is 94.9 Å². The van der Waals surface area contributed by atoms with Crippen molar-refractivity contribution in [2.24, 2.45) is 10.8 Å². The molecule has 0 fully saturated rings. The molecule has 9 heteroatoms. The molecule has 31 heavy (non-hydrogen) atoms. The smallest absolute Gasteiger partial charge is 0.144 e. The Bertz CT molecular complexity index is 460. The van der Waals surface area contributed by atoms with E-state index in [0.717, 1.165) is 0 Å². The molecule has 0 radical (unpaired) electrons. The molecule has 0 unspecified atom stereocenters. The summed E-state index contributed by atoms with van der Waals surface area (Å²) in [7, 11) is 0. The molecule has 2 N–H and O–H groups in total. The van der Waals surface area contributed by atoms with Gasteiger partial charge in [-0.25, -0.2) is 0 Å². The van der Waals surface area contributed by atoms with E-state index in [1.165, 1.54) is 0 Å². The molecule has 0 rings (SSSR count). The Morgan fingerprint density at radius 2 is 0.839 bits per heavy atom. The first-order valence-electron chi connectivity index (χ1n) is 10.1. The van der Waals surface area contributed by atoms with Crippen LogP contribution in [0.2, 0.25) is 0 Å². The first-order valence-corrected chi connectivity index (χ1v) is 10.1. The average molecular weight is 526 g/mol. The number of carbonyl (C=O) groups is 4. The van der Waals surface area contributed by atoms with E-state index in [2.05, 4.69) is 0 Å². The second-order valence-electron chi connectivity index (χ2n) is 8.61. The van der Waals surface area contributed by atoms with Gasteiger partial charge >= 0.3 is 0 Å². The molecule has 0 saturated carbocycles. The van der Waals surface area contributed by atoms with Crippen LogP contribution in [-0.4, -0.2) is 45.9 Å². The van der Waals surface area contributed by atoms with Gasteiger partial charge < -0.3 is 30.0 Å². The number of hydrogen-bond acceptors (Lipinski definition) is 8. The molecule has 0 bridgehead atoms. The van der Waals surface area contributed by atoms with Crippen molar-refractivity contribution in [2.45, 2.75) is 107 Å². The third-order valence-corrected chi connectivity index (χ3v) is 3.89. The molecule has 0 aliphatic heterocycles. The number of hydrogen-bond donors (Lipinski definition) is 2. The number of aliphatic hydroxyl groups excluding tert-OH is 2. The van der Waals surface area contributed by atoms with Gasteiger partial charge in [0.05, 0.1) is 0 Å². The van der Waals surface area contributed by atoms with Gasteiger partial charge in [0.1, 0.15) is 11.6 Å². The van der Waals surface area contributed by atoms with Crippen LogP contribution < -0.4 is 10.2 Å². The minimum absolute atomic E-state index is 0. The van der Waals surface area contributed by atoms with E-state index in [4.69, 9.17) is 10.2 Å². The number of ketones is 2. The Balaban J connectivity index is -0.000000106. The summed E-state index contributed by atoms with van der Waals surface area (Å²) in [6, 6.07) is 0. The third kappa shape index (κ3) is 33.9. The van der Waals surface area contributed by atoms with Gasteiger partial charge in [0.25, 0.3) is 0 Å². The van der Waals surface area contributed by atoms with Gasteiger partial charge in [-0.2, -0.15) is 0 Å². The van der Waals surface area contributed by atoms with Crippen LogP contribution in [0, 0.1) is 10.8 Å². The molecule has 0 amide bonds. The summed E-state index contributed by atoms with van der Waals surface area (Å²) in [6.45, 7) is 17.5. The number of rotatable bonds is 8. The minimum Gasteiger partial charge on any atom is -0.550 e. The Kier molecular flexibility index (Phi) is 27.3. The summed E-state index contributed by atoms with van der Waals surface area (Å²) in [5.41, 5.74) is -1.06. The fraction of sp³-hybridized carbons (Fsp3) is 0.818. The first-order chi connectivity index (χ1) is 13.3. The molecule has 0 spiro atoms. The van der Waals surface area contributed by atoms with Gasteiger partial charge in [-0.3, -0.25) is 9.59 Å². The van der Waals surface area contributed by atoms with Gasteiger partial charge in [-0.15, -0.1) is 0 Å². The molecule has 0 aromatic carbocycles. The van der Waals surface area contributed by atoms with Crippen molar-refractivity contribution >= 4 is 23.5 Å². The maximum Gasteiger partial charge on any atom is 0.144 e. The van der Waals surface area contributed by atoms with E-state index in [0.29, 0.717) is 12.8 Å². The summed E-state index contributed by atoms with van der Waals surface area (Å²) in [5.74, 6) is -3.12. The van der Waals surface area contributed by atoms with Gasteiger partial charge in [0.15, 0.2) is 0 Å². The molecule has 0 atom stereocenters. The number of carboxylic acid groups (broad SMARTS) is 2. The van der Waals surface area contributed by atoms with Crippen LogP contribution in [0.4, 0.5) is 0 Å². The molecule has 0 aliphatic rings. The summed E-state index contributed by atoms with van der Waals surface area (Å²) in [5, 5.41) is 36.2. The Labute approximate surface area is 206 Å². The molecule has 8 nitrogen and oxygen atoms in total. The van der Waals surface area contributed by atoms with Crippen molar-refractivity contribution in [3.05, 3.63) is 0 Å². The molecular weight excluding hydrogens is 483 g/mol. The van der Waals surface area contributed by atoms with Crippen LogP contribution in [0.5, 0.6) is 0 Å². The summed E-state index contributed by atoms with van der Waals surface area (Å²) >= 11 is 0. The van der Waals surface area contributed by atoms with Gasteiger partial charge in [0.2, 0.25) is 0 Å². The quantitative estimate of drug-likeness (QED) is 0.445. The van der Waals surface area contributed by atoms with Crippen molar-refractivity contribution < 1.29 is 65.8 Å². The van der Waals surface area contributed by atoms with E-state index in [9.17, 15) is 29.4 Å². The first kappa shape index (κ1) is 40.4. The summed E-state index contributed by atoms with van der Waals surface area (Å²) in [4.78, 5) is 42.3. The molecular formula is C22H42O8Zr-2. The van der Waals surface area contributed by atoms with Crippen LogP contribution >= 0.6 is 0 Å². The Hall–Kier alpha value is -0.917. The second-order valence-corrected chi connectivity index (χ2v) is 8.61. The maximum absolute atomic E-state index is 11.1. The molecule has 0 aromatic heterocycles. The largest absolute Gasteiger partial charge is 0.550 e. The normalized spacial score (nSPS) is 10.3. The molecule has 0 saturated heterocycles. The number of aliphatic carboxylic acids is 2. The van der Waals surface area contributed by atoms with Crippen LogP contribution in [0.3, 0.4) is 0 Å². The molecule has 0 heterocycles. The predicted molar refractivity (Wildman–Crippen MR) is 112 cm³/mol. The van der Waals surface area contributed by atoms with Crippen LogP contribution in [0.25, 0.3) is 0 Å². The Morgan fingerprint density at radius 1 is 0.677 bits per heavy atom. The van der Waals surface area contributed by atoms with Gasteiger partial charge in [-0.1, -0.05) is 41.5 Å². The van der Waals surface area contributed by atoms with E-state index >= 15 is 0 Å². The predicted octanol–water partition coefficient (Wildman–Crippen LogP) is 1.04. The zero-order chi connectivity index (χ0) is 25.3. The molecule has 0 aliphatic carbocycles. The third-order valence-electron chi connectivity index (χ3n) is 3.89. The molecule has 184 valence electrons. The van der Waals surface area contributed by atoms with Crippen molar-refractivity contribution in [1.82, 2.24) is 0 Å². The number of carbonyl (C=O) groups excluding carboxylic acids is 4. The van der Waals surface area contributed by atoms with E-state index < -0.39 is 35.6 Å². The zero-order valence-electron chi connectivity index (χ0n) is 20.8. The molecule has 0 aromatic rings. The van der Waals surface area contributed by atoms with Gasteiger partial charge in [-0.05, 0) is 40.5 Å². The second kappa shape index (κ2) is 21.0. The minimum atomic E-state index is -1.29. The average Bonchev–Trinajstić information content (AvgIpc) is 2.53. The number of aliphatic hydroxyl groups is 2. The van der Waals surface area contributed by atoms with E-state index in [1.54, 1.807) is 55.4 Å². The Morgan fingerprint density at radius 3 is 0.935 bits per heavy atom. The standard InChI is InChI=1S/2C8H14O3.2C3H8O.Zr/c2*1-4-8(2,3)6(9)5-7(10)11;2*1-3(2)4;/h2*4-5H2,1-3H3,(H,10,11);2*3-4H,1-2H3;/p-2. The van der Waals surface area contributed by atoms with Crippen molar-refractivity contribution in [3.63, 3.8) is 0 Å². The monoisotopic (exact) mass is 524 g/mol. The van der Waals surface area contributed by atoms with E-state index in [-0.39, 0.29) is 50.0 Å². The van der Waals surface area contributed by atoms with Crippen molar-refractivity contribution in [3.8, 4) is 0 Å². The van der Waals surface area contributed by atoms with Crippen molar-refractivity contribution in [1.29, 1.82) is 0 Å². The number of Topliss-reactive ketones (excluding diaryl/α,β-unsaturated/α-hetero) is 2. The topological polar surface area (TPSA) is 155 Å². The summed E-state index contributed by atoms with van der Waals surface area (Å²) in [6.07, 6.45) is 0.0277.